The zero-order chi connectivity index (χ0) is 11.3. The molecule has 15 heavy (non-hydrogen) atoms. The molecule has 0 unspecified atom stereocenters. The molecule has 0 spiro atoms. The van der Waals surface area contributed by atoms with Crippen LogP contribution in [0.3, 0.4) is 0 Å². The first-order valence-electron chi connectivity index (χ1n) is 5.27. The number of alkyl halides is 1. The fourth-order valence-electron chi connectivity index (χ4n) is 1.20. The molecule has 0 saturated heterocycles. The fourth-order valence-corrected chi connectivity index (χ4v) is 1.40. The van der Waals surface area contributed by atoms with E-state index in [1.165, 1.54) is 0 Å². The second kappa shape index (κ2) is 5.96. The maximum absolute atomic E-state index is 5.81. The largest absolute Gasteiger partial charge is 0.493 e. The Morgan fingerprint density at radius 2 is 2.20 bits per heavy atom. The molecule has 0 aliphatic heterocycles. The van der Waals surface area contributed by atoms with Crippen LogP contribution in [0.4, 0.5) is 0 Å². The normalized spacial score (nSPS) is 10.7. The fraction of sp³-hybridized carbons (Fsp3) is 0.583. The first-order valence-corrected chi connectivity index (χ1v) is 5.81. The molecule has 2 nitrogen and oxygen atoms in total. The van der Waals surface area contributed by atoms with Crippen LogP contribution >= 0.6 is 11.6 Å². The number of aromatic nitrogens is 1. The van der Waals surface area contributed by atoms with Crippen LogP contribution in [0, 0.1) is 12.8 Å². The average Bonchev–Trinajstić information content (AvgIpc) is 2.17. The van der Waals surface area contributed by atoms with Gasteiger partial charge in [-0.15, -0.1) is 11.6 Å². The van der Waals surface area contributed by atoms with E-state index in [-0.39, 0.29) is 0 Å². The molecule has 1 rings (SSSR count). The lowest BCUT2D eigenvalue weighted by Crippen LogP contribution is -2.03. The number of pyridine rings is 1. The quantitative estimate of drug-likeness (QED) is 0.718. The lowest BCUT2D eigenvalue weighted by Gasteiger charge is -2.11. The third-order valence-corrected chi connectivity index (χ3v) is 2.47. The van der Waals surface area contributed by atoms with Crippen LogP contribution in [-0.4, -0.2) is 11.6 Å². The molecule has 0 aliphatic carbocycles. The number of nitrogens with zero attached hydrogens (tertiary/aromatic N) is 1. The molecule has 1 aromatic heterocycles. The maximum Gasteiger partial charge on any atom is 0.127 e. The molecule has 0 radical (unpaired) electrons. The van der Waals surface area contributed by atoms with E-state index in [0.717, 1.165) is 30.0 Å². The summed E-state index contributed by atoms with van der Waals surface area (Å²) in [5, 5.41) is 0. The summed E-state index contributed by atoms with van der Waals surface area (Å²) in [6.07, 6.45) is 2.84. The van der Waals surface area contributed by atoms with Crippen molar-refractivity contribution >= 4 is 11.6 Å². The van der Waals surface area contributed by atoms with Gasteiger partial charge in [0.1, 0.15) is 5.75 Å². The van der Waals surface area contributed by atoms with Crippen molar-refractivity contribution in [3.8, 4) is 5.75 Å². The Bertz CT molecular complexity index is 312. The highest BCUT2D eigenvalue weighted by atomic mass is 35.5. The highest BCUT2D eigenvalue weighted by Crippen LogP contribution is 2.20. The SMILES string of the molecule is Cc1cc(OCCC(C)C)c(CCl)cn1. The minimum absolute atomic E-state index is 0.449. The van der Waals surface area contributed by atoms with Crippen LogP contribution in [0.2, 0.25) is 0 Å². The van der Waals surface area contributed by atoms with Crippen molar-refractivity contribution in [2.24, 2.45) is 5.92 Å². The Labute approximate surface area is 96.6 Å². The van der Waals surface area contributed by atoms with Gasteiger partial charge in [-0.2, -0.15) is 0 Å². The van der Waals surface area contributed by atoms with Crippen molar-refractivity contribution < 1.29 is 4.74 Å². The molecule has 0 fully saturated rings. The number of hydrogen-bond donors (Lipinski definition) is 0. The van der Waals surface area contributed by atoms with E-state index in [1.54, 1.807) is 6.20 Å². The van der Waals surface area contributed by atoms with E-state index < -0.39 is 0 Å². The Hall–Kier alpha value is -0.760. The topological polar surface area (TPSA) is 22.1 Å². The van der Waals surface area contributed by atoms with Crippen LogP contribution in [-0.2, 0) is 5.88 Å². The average molecular weight is 228 g/mol. The molecule has 0 atom stereocenters. The minimum atomic E-state index is 0.449. The van der Waals surface area contributed by atoms with Gasteiger partial charge in [-0.25, -0.2) is 0 Å². The lowest BCUT2D eigenvalue weighted by atomic mass is 10.1. The summed E-state index contributed by atoms with van der Waals surface area (Å²) < 4.78 is 5.70. The van der Waals surface area contributed by atoms with Gasteiger partial charge in [0, 0.05) is 23.5 Å². The van der Waals surface area contributed by atoms with Crippen LogP contribution in [0.1, 0.15) is 31.5 Å². The number of halogens is 1. The van der Waals surface area contributed by atoms with Gasteiger partial charge in [0.2, 0.25) is 0 Å². The maximum atomic E-state index is 5.81. The predicted molar refractivity (Wildman–Crippen MR) is 63.5 cm³/mol. The van der Waals surface area contributed by atoms with Gasteiger partial charge in [0.05, 0.1) is 12.5 Å². The monoisotopic (exact) mass is 227 g/mol. The van der Waals surface area contributed by atoms with Crippen molar-refractivity contribution in [3.63, 3.8) is 0 Å². The Balaban J connectivity index is 2.62. The first-order chi connectivity index (χ1) is 7.13. The molecular weight excluding hydrogens is 210 g/mol. The number of ether oxygens (including phenoxy) is 1. The molecule has 0 aromatic carbocycles. The van der Waals surface area contributed by atoms with Crippen molar-refractivity contribution in [2.45, 2.75) is 33.1 Å². The molecule has 0 amide bonds. The number of aryl methyl sites for hydroxylation is 1. The van der Waals surface area contributed by atoms with E-state index in [4.69, 9.17) is 16.3 Å². The third kappa shape index (κ3) is 4.08. The molecular formula is C12H18ClNO. The Morgan fingerprint density at radius 3 is 2.80 bits per heavy atom. The summed E-state index contributed by atoms with van der Waals surface area (Å²) in [4.78, 5) is 4.19. The standard InChI is InChI=1S/C12H18ClNO/c1-9(2)4-5-15-12-6-10(3)14-8-11(12)7-13/h6,8-9H,4-5,7H2,1-3H3. The van der Waals surface area contributed by atoms with Gasteiger partial charge < -0.3 is 4.74 Å². The van der Waals surface area contributed by atoms with Gasteiger partial charge in [-0.3, -0.25) is 4.98 Å². The number of rotatable bonds is 5. The number of hydrogen-bond acceptors (Lipinski definition) is 2. The summed E-state index contributed by atoms with van der Waals surface area (Å²) in [6, 6.07) is 1.94. The van der Waals surface area contributed by atoms with Crippen LogP contribution in [0.15, 0.2) is 12.3 Å². The zero-order valence-electron chi connectivity index (χ0n) is 9.59. The van der Waals surface area contributed by atoms with Crippen molar-refractivity contribution in [1.29, 1.82) is 0 Å². The van der Waals surface area contributed by atoms with E-state index in [9.17, 15) is 0 Å². The molecule has 1 aromatic rings. The summed E-state index contributed by atoms with van der Waals surface area (Å²) in [7, 11) is 0. The minimum Gasteiger partial charge on any atom is -0.493 e. The molecule has 3 heteroatoms. The highest BCUT2D eigenvalue weighted by molar-refractivity contribution is 6.17. The summed E-state index contributed by atoms with van der Waals surface area (Å²) in [5.41, 5.74) is 1.93. The van der Waals surface area contributed by atoms with E-state index in [1.807, 2.05) is 13.0 Å². The van der Waals surface area contributed by atoms with Gasteiger partial charge in [0.15, 0.2) is 0 Å². The van der Waals surface area contributed by atoms with Crippen LogP contribution in [0.25, 0.3) is 0 Å². The zero-order valence-corrected chi connectivity index (χ0v) is 10.3. The van der Waals surface area contributed by atoms with Crippen molar-refractivity contribution in [1.82, 2.24) is 4.98 Å². The Morgan fingerprint density at radius 1 is 1.47 bits per heavy atom. The smallest absolute Gasteiger partial charge is 0.127 e. The Kier molecular flexibility index (Phi) is 4.89. The van der Waals surface area contributed by atoms with Crippen LogP contribution < -0.4 is 4.74 Å². The van der Waals surface area contributed by atoms with Gasteiger partial charge in [0.25, 0.3) is 0 Å². The van der Waals surface area contributed by atoms with E-state index in [2.05, 4.69) is 18.8 Å². The molecule has 0 bridgehead atoms. The van der Waals surface area contributed by atoms with Crippen molar-refractivity contribution in [2.75, 3.05) is 6.61 Å². The molecule has 0 N–H and O–H groups in total. The summed E-state index contributed by atoms with van der Waals surface area (Å²) in [6.45, 7) is 7.06. The molecule has 0 saturated carbocycles. The second-order valence-corrected chi connectivity index (χ2v) is 4.37. The van der Waals surface area contributed by atoms with Gasteiger partial charge in [-0.05, 0) is 19.3 Å². The van der Waals surface area contributed by atoms with Crippen molar-refractivity contribution in [3.05, 3.63) is 23.5 Å². The second-order valence-electron chi connectivity index (χ2n) is 4.10. The summed E-state index contributed by atoms with van der Waals surface area (Å²) in [5.74, 6) is 1.98. The first kappa shape index (κ1) is 12.3. The lowest BCUT2D eigenvalue weighted by molar-refractivity contribution is 0.287. The summed E-state index contributed by atoms with van der Waals surface area (Å²) >= 11 is 5.81. The van der Waals surface area contributed by atoms with Gasteiger partial charge in [-0.1, -0.05) is 13.8 Å². The van der Waals surface area contributed by atoms with E-state index in [0.29, 0.717) is 11.8 Å². The molecule has 1 heterocycles. The van der Waals surface area contributed by atoms with Gasteiger partial charge >= 0.3 is 0 Å². The molecule has 0 aliphatic rings. The third-order valence-electron chi connectivity index (χ3n) is 2.18. The van der Waals surface area contributed by atoms with E-state index >= 15 is 0 Å². The predicted octanol–water partition coefficient (Wildman–Crippen LogP) is 3.55. The highest BCUT2D eigenvalue weighted by Gasteiger charge is 2.04. The van der Waals surface area contributed by atoms with Crippen LogP contribution in [0.5, 0.6) is 5.75 Å². The molecule has 84 valence electrons.